The van der Waals surface area contributed by atoms with Gasteiger partial charge in [-0.25, -0.2) is 4.79 Å². The maximum Gasteiger partial charge on any atom is 0.338 e. The van der Waals surface area contributed by atoms with Gasteiger partial charge in [0, 0.05) is 30.0 Å². The maximum atomic E-state index is 12.6. The number of carbonyl (C=O) groups excluding carboxylic acids is 3. The molecule has 0 saturated carbocycles. The quantitative estimate of drug-likeness (QED) is 0.567. The van der Waals surface area contributed by atoms with Gasteiger partial charge in [-0.3, -0.25) is 14.2 Å². The highest BCUT2D eigenvalue weighted by Gasteiger charge is 2.23. The van der Waals surface area contributed by atoms with Gasteiger partial charge in [-0.2, -0.15) is 5.26 Å². The molecule has 0 atom stereocenters. The van der Waals surface area contributed by atoms with E-state index in [1.807, 2.05) is 44.2 Å². The average molecular weight is 457 g/mol. The smallest absolute Gasteiger partial charge is 0.338 e. The Bertz CT molecular complexity index is 1290. The molecule has 1 saturated heterocycles. The van der Waals surface area contributed by atoms with Gasteiger partial charge in [-0.15, -0.1) is 0 Å². The Labute approximate surface area is 197 Å². The van der Waals surface area contributed by atoms with Gasteiger partial charge in [0.15, 0.2) is 6.61 Å². The van der Waals surface area contributed by atoms with E-state index < -0.39 is 18.5 Å². The number of benzene rings is 2. The molecule has 2 heterocycles. The fraction of sp³-hybridized carbons (Fsp3) is 0.231. The van der Waals surface area contributed by atoms with Crippen LogP contribution in [-0.2, 0) is 14.3 Å². The summed E-state index contributed by atoms with van der Waals surface area (Å²) in [6, 6.07) is 18.1. The van der Waals surface area contributed by atoms with E-state index in [-0.39, 0.29) is 11.5 Å². The van der Waals surface area contributed by atoms with Gasteiger partial charge in [0.25, 0.3) is 5.91 Å². The Hall–Kier alpha value is -4.38. The SMILES string of the molecule is Cc1c(C#N)c(NC(=O)COC(=O)c2ccc(N3CCCC3=O)cc2)n(-c2ccccc2)c1C. The lowest BCUT2D eigenvalue weighted by atomic mass is 10.2. The highest BCUT2D eigenvalue weighted by atomic mass is 16.5. The first-order chi connectivity index (χ1) is 16.4. The lowest BCUT2D eigenvalue weighted by Gasteiger charge is -2.15. The lowest BCUT2D eigenvalue weighted by molar-refractivity contribution is -0.119. The molecular formula is C26H24N4O4. The molecule has 0 aliphatic carbocycles. The fourth-order valence-electron chi connectivity index (χ4n) is 4.04. The minimum absolute atomic E-state index is 0.0643. The van der Waals surface area contributed by atoms with Gasteiger partial charge >= 0.3 is 5.97 Å². The Morgan fingerprint density at radius 1 is 1.06 bits per heavy atom. The lowest BCUT2D eigenvalue weighted by Crippen LogP contribution is -2.24. The summed E-state index contributed by atoms with van der Waals surface area (Å²) in [6.45, 7) is 3.85. The van der Waals surface area contributed by atoms with Gasteiger partial charge in [0.05, 0.1) is 11.1 Å². The summed E-state index contributed by atoms with van der Waals surface area (Å²) >= 11 is 0. The third-order valence-electron chi connectivity index (χ3n) is 5.92. The van der Waals surface area contributed by atoms with Crippen molar-refractivity contribution in [1.82, 2.24) is 4.57 Å². The number of anilines is 2. The van der Waals surface area contributed by atoms with Crippen LogP contribution in [0.3, 0.4) is 0 Å². The van der Waals surface area contributed by atoms with Crippen molar-refractivity contribution in [3.8, 4) is 11.8 Å². The zero-order chi connectivity index (χ0) is 24.2. The van der Waals surface area contributed by atoms with Gasteiger partial charge in [-0.05, 0) is 62.2 Å². The number of rotatable bonds is 6. The Morgan fingerprint density at radius 2 is 1.76 bits per heavy atom. The van der Waals surface area contributed by atoms with E-state index in [1.165, 1.54) is 0 Å². The van der Waals surface area contributed by atoms with Gasteiger partial charge in [-0.1, -0.05) is 18.2 Å². The summed E-state index contributed by atoms with van der Waals surface area (Å²) in [6.07, 6.45) is 1.34. The van der Waals surface area contributed by atoms with Crippen molar-refractivity contribution in [3.05, 3.63) is 77.0 Å². The number of esters is 1. The molecule has 1 N–H and O–H groups in total. The van der Waals surface area contributed by atoms with Crippen molar-refractivity contribution >= 4 is 29.3 Å². The minimum atomic E-state index is -0.652. The van der Waals surface area contributed by atoms with Gasteiger partial charge in [0.1, 0.15) is 11.9 Å². The first-order valence-electron chi connectivity index (χ1n) is 11.0. The molecule has 1 aromatic heterocycles. The Kier molecular flexibility index (Phi) is 6.46. The number of carbonyl (C=O) groups is 3. The van der Waals surface area contributed by atoms with Crippen LogP contribution in [-0.4, -0.2) is 35.5 Å². The molecule has 8 nitrogen and oxygen atoms in total. The summed E-state index contributed by atoms with van der Waals surface area (Å²) in [5.74, 6) is -0.807. The zero-order valence-corrected chi connectivity index (χ0v) is 19.0. The largest absolute Gasteiger partial charge is 0.452 e. The predicted octanol–water partition coefficient (Wildman–Crippen LogP) is 3.89. The number of para-hydroxylation sites is 1. The van der Waals surface area contributed by atoms with E-state index in [0.29, 0.717) is 24.3 Å². The highest BCUT2D eigenvalue weighted by molar-refractivity contribution is 5.98. The number of amides is 2. The van der Waals surface area contributed by atoms with Crippen molar-refractivity contribution in [2.24, 2.45) is 0 Å². The number of hydrogen-bond acceptors (Lipinski definition) is 5. The molecule has 1 aliphatic rings. The summed E-state index contributed by atoms with van der Waals surface area (Å²) in [7, 11) is 0. The average Bonchev–Trinajstić information content (AvgIpc) is 3.38. The normalized spacial score (nSPS) is 13.0. The van der Waals surface area contributed by atoms with E-state index in [4.69, 9.17) is 4.74 Å². The third kappa shape index (κ3) is 4.41. The van der Waals surface area contributed by atoms with E-state index in [1.54, 1.807) is 33.7 Å². The van der Waals surface area contributed by atoms with Crippen molar-refractivity contribution < 1.29 is 19.1 Å². The predicted molar refractivity (Wildman–Crippen MR) is 127 cm³/mol. The first kappa shape index (κ1) is 22.8. The number of aromatic nitrogens is 1. The Morgan fingerprint density at radius 3 is 2.38 bits per heavy atom. The van der Waals surface area contributed by atoms with E-state index >= 15 is 0 Å². The van der Waals surface area contributed by atoms with Crippen LogP contribution in [0.5, 0.6) is 0 Å². The molecule has 2 amide bonds. The van der Waals surface area contributed by atoms with Gasteiger partial charge in [0.2, 0.25) is 5.91 Å². The molecule has 34 heavy (non-hydrogen) atoms. The second-order valence-corrected chi connectivity index (χ2v) is 8.04. The number of hydrogen-bond donors (Lipinski definition) is 1. The highest BCUT2D eigenvalue weighted by Crippen LogP contribution is 2.30. The van der Waals surface area contributed by atoms with Crippen molar-refractivity contribution in [2.75, 3.05) is 23.4 Å². The van der Waals surface area contributed by atoms with E-state index in [2.05, 4.69) is 11.4 Å². The summed E-state index contributed by atoms with van der Waals surface area (Å²) in [4.78, 5) is 38.6. The maximum absolute atomic E-state index is 12.6. The number of nitrogens with one attached hydrogen (secondary N) is 1. The van der Waals surface area contributed by atoms with Crippen LogP contribution in [0.1, 0.15) is 40.0 Å². The van der Waals surface area contributed by atoms with E-state index in [0.717, 1.165) is 29.1 Å². The number of ether oxygens (including phenoxy) is 1. The molecule has 0 radical (unpaired) electrons. The molecule has 1 fully saturated rings. The molecular weight excluding hydrogens is 432 g/mol. The molecule has 0 spiro atoms. The van der Waals surface area contributed by atoms with Crippen LogP contribution in [0.2, 0.25) is 0 Å². The Balaban J connectivity index is 1.44. The molecule has 0 bridgehead atoms. The van der Waals surface area contributed by atoms with Crippen LogP contribution in [0.25, 0.3) is 5.69 Å². The number of nitriles is 1. The minimum Gasteiger partial charge on any atom is -0.452 e. The monoisotopic (exact) mass is 456 g/mol. The summed E-state index contributed by atoms with van der Waals surface area (Å²) < 4.78 is 6.98. The topological polar surface area (TPSA) is 104 Å². The molecule has 3 aromatic rings. The molecule has 8 heteroatoms. The van der Waals surface area contributed by atoms with Crippen molar-refractivity contribution in [2.45, 2.75) is 26.7 Å². The summed E-state index contributed by atoms with van der Waals surface area (Å²) in [5, 5.41) is 12.4. The third-order valence-corrected chi connectivity index (χ3v) is 5.92. The molecule has 172 valence electrons. The van der Waals surface area contributed by atoms with Crippen LogP contribution < -0.4 is 10.2 Å². The van der Waals surface area contributed by atoms with Crippen molar-refractivity contribution in [1.29, 1.82) is 5.26 Å². The van der Waals surface area contributed by atoms with Crippen LogP contribution in [0.4, 0.5) is 11.5 Å². The molecule has 1 aliphatic heterocycles. The van der Waals surface area contributed by atoms with Gasteiger partial charge < -0.3 is 15.0 Å². The second-order valence-electron chi connectivity index (χ2n) is 8.04. The molecule has 2 aromatic carbocycles. The van der Waals surface area contributed by atoms with Crippen LogP contribution >= 0.6 is 0 Å². The standard InChI is InChI=1S/C26H24N4O4/c1-17-18(2)30(21-7-4-3-5-8-21)25(22(17)15-27)28-23(31)16-34-26(33)19-10-12-20(13-11-19)29-14-6-9-24(29)32/h3-5,7-8,10-13H,6,9,14,16H2,1-2H3,(H,28,31). The van der Waals surface area contributed by atoms with E-state index in [9.17, 15) is 19.6 Å². The molecule has 0 unspecified atom stereocenters. The fourth-order valence-corrected chi connectivity index (χ4v) is 4.04. The van der Waals surface area contributed by atoms with Crippen LogP contribution in [0, 0.1) is 25.2 Å². The number of nitrogens with zero attached hydrogens (tertiary/aromatic N) is 3. The summed E-state index contributed by atoms with van der Waals surface area (Å²) in [5.41, 5.74) is 3.75. The second kappa shape index (κ2) is 9.63. The van der Waals surface area contributed by atoms with Crippen LogP contribution in [0.15, 0.2) is 54.6 Å². The molecule has 4 rings (SSSR count). The zero-order valence-electron chi connectivity index (χ0n) is 19.0. The van der Waals surface area contributed by atoms with Crippen molar-refractivity contribution in [3.63, 3.8) is 0 Å². The first-order valence-corrected chi connectivity index (χ1v) is 11.0.